The molecule has 9 heteroatoms. The van der Waals surface area contributed by atoms with E-state index in [4.69, 9.17) is 5.73 Å². The maximum Gasteiger partial charge on any atom is 0.405 e. The van der Waals surface area contributed by atoms with Gasteiger partial charge in [0, 0.05) is 0 Å². The molecule has 0 spiro atoms. The Morgan fingerprint density at radius 1 is 1.56 bits per heavy atom. The van der Waals surface area contributed by atoms with Gasteiger partial charge in [0.1, 0.15) is 6.54 Å². The van der Waals surface area contributed by atoms with E-state index in [0.29, 0.717) is 4.88 Å². The number of rotatable bonds is 5. The summed E-state index contributed by atoms with van der Waals surface area (Å²) in [5.74, 6) is -0.858. The van der Waals surface area contributed by atoms with Crippen molar-refractivity contribution in [2.75, 3.05) is 13.2 Å². The number of amides is 1. The first kappa shape index (κ1) is 14.3. The predicted octanol–water partition coefficient (Wildman–Crippen LogP) is 1.06. The summed E-state index contributed by atoms with van der Waals surface area (Å²) >= 11 is 1.32. The zero-order valence-corrected chi connectivity index (χ0v) is 9.85. The van der Waals surface area contributed by atoms with Crippen LogP contribution in [0.2, 0.25) is 0 Å². The molecule has 1 aromatic rings. The van der Waals surface area contributed by atoms with Gasteiger partial charge in [-0.2, -0.15) is 13.2 Å². The average molecular weight is 281 g/mol. The molecule has 0 aliphatic rings. The number of nitrogens with two attached hydrogens (primary N) is 1. The van der Waals surface area contributed by atoms with Crippen molar-refractivity contribution in [2.45, 2.75) is 6.18 Å². The third-order valence-electron chi connectivity index (χ3n) is 1.62. The molecule has 0 atom stereocenters. The highest BCUT2D eigenvalue weighted by molar-refractivity contribution is 7.12. The molecule has 0 aliphatic carbocycles. The summed E-state index contributed by atoms with van der Waals surface area (Å²) in [5.41, 5.74) is 5.49. The summed E-state index contributed by atoms with van der Waals surface area (Å²) in [7, 11) is 0. The van der Waals surface area contributed by atoms with Gasteiger partial charge in [-0.15, -0.1) is 11.3 Å². The fourth-order valence-electron chi connectivity index (χ4n) is 0.880. The van der Waals surface area contributed by atoms with Gasteiger partial charge in [-0.25, -0.2) is 0 Å². The number of nitrogens with zero attached hydrogens (tertiary/aromatic N) is 1. The van der Waals surface area contributed by atoms with Crippen LogP contribution in [0.3, 0.4) is 0 Å². The monoisotopic (exact) mass is 281 g/mol. The molecule has 5 nitrogen and oxygen atoms in total. The van der Waals surface area contributed by atoms with Gasteiger partial charge in [0.25, 0.3) is 5.91 Å². The highest BCUT2D eigenvalue weighted by Crippen LogP contribution is 2.12. The quantitative estimate of drug-likeness (QED) is 0.481. The third-order valence-corrected chi connectivity index (χ3v) is 2.51. The van der Waals surface area contributed by atoms with E-state index in [0.717, 1.165) is 0 Å². The maximum atomic E-state index is 11.8. The Bertz CT molecular complexity index is 417. The van der Waals surface area contributed by atoms with Gasteiger partial charge in [0.15, 0.2) is 12.4 Å². The van der Waals surface area contributed by atoms with Crippen LogP contribution in [0.1, 0.15) is 4.88 Å². The van der Waals surface area contributed by atoms with Crippen LogP contribution < -0.4 is 11.1 Å². The fraction of sp³-hybridized carbons (Fsp3) is 0.333. The van der Waals surface area contributed by atoms with Gasteiger partial charge in [0.05, 0.1) is 4.88 Å². The lowest BCUT2D eigenvalue weighted by molar-refractivity contribution is -0.141. The van der Waals surface area contributed by atoms with Crippen molar-refractivity contribution in [3.63, 3.8) is 0 Å². The van der Waals surface area contributed by atoms with E-state index in [1.807, 2.05) is 0 Å². The molecule has 1 aromatic heterocycles. The maximum absolute atomic E-state index is 11.8. The number of halogens is 3. The van der Waals surface area contributed by atoms with Gasteiger partial charge in [0.2, 0.25) is 0 Å². The number of hydrogen-bond donors (Lipinski definition) is 2. The first-order valence-corrected chi connectivity index (χ1v) is 5.59. The van der Waals surface area contributed by atoms with E-state index in [1.165, 1.54) is 11.3 Å². The van der Waals surface area contributed by atoms with E-state index in [2.05, 4.69) is 9.99 Å². The summed E-state index contributed by atoms with van der Waals surface area (Å²) in [4.78, 5) is 16.1. The normalized spacial score (nSPS) is 12.3. The van der Waals surface area contributed by atoms with Crippen molar-refractivity contribution in [3.8, 4) is 0 Å². The molecule has 0 saturated carbocycles. The molecule has 18 heavy (non-hydrogen) atoms. The topological polar surface area (TPSA) is 76.7 Å². The molecule has 0 aliphatic heterocycles. The van der Waals surface area contributed by atoms with Gasteiger partial charge in [-0.1, -0.05) is 11.2 Å². The Morgan fingerprint density at radius 3 is 2.83 bits per heavy atom. The fourth-order valence-corrected chi connectivity index (χ4v) is 1.50. The summed E-state index contributed by atoms with van der Waals surface area (Å²) < 4.78 is 35.3. The summed E-state index contributed by atoms with van der Waals surface area (Å²) in [6.07, 6.45) is -4.45. The number of carbonyl (C=O) groups is 1. The van der Waals surface area contributed by atoms with Crippen LogP contribution in [-0.2, 0) is 9.63 Å². The highest BCUT2D eigenvalue weighted by Gasteiger charge is 2.27. The number of thiophene rings is 1. The molecule has 1 heterocycles. The van der Waals surface area contributed by atoms with Gasteiger partial charge >= 0.3 is 6.18 Å². The lowest BCUT2D eigenvalue weighted by Crippen LogP contribution is -2.35. The van der Waals surface area contributed by atoms with Crippen LogP contribution in [-0.4, -0.2) is 31.1 Å². The van der Waals surface area contributed by atoms with E-state index in [-0.39, 0.29) is 5.84 Å². The van der Waals surface area contributed by atoms with Gasteiger partial charge in [-0.05, 0) is 11.4 Å². The summed E-state index contributed by atoms with van der Waals surface area (Å²) in [6.45, 7) is -2.03. The van der Waals surface area contributed by atoms with Crippen LogP contribution in [0.5, 0.6) is 0 Å². The Kier molecular flexibility index (Phi) is 4.95. The molecule has 0 bridgehead atoms. The Morgan fingerprint density at radius 2 is 2.28 bits per heavy atom. The predicted molar refractivity (Wildman–Crippen MR) is 60.1 cm³/mol. The van der Waals surface area contributed by atoms with Crippen LogP contribution in [0.4, 0.5) is 13.2 Å². The Balaban J connectivity index is 2.29. The second-order valence-electron chi connectivity index (χ2n) is 3.12. The molecule has 0 fully saturated rings. The van der Waals surface area contributed by atoms with Crippen molar-refractivity contribution >= 4 is 23.1 Å². The largest absolute Gasteiger partial charge is 0.405 e. The minimum absolute atomic E-state index is 0.0635. The van der Waals surface area contributed by atoms with E-state index >= 15 is 0 Å². The second-order valence-corrected chi connectivity index (χ2v) is 4.07. The van der Waals surface area contributed by atoms with Crippen molar-refractivity contribution in [1.82, 2.24) is 5.32 Å². The minimum Gasteiger partial charge on any atom is -0.384 e. The minimum atomic E-state index is -4.45. The molecule has 1 rings (SSSR count). The van der Waals surface area contributed by atoms with Crippen LogP contribution in [0.15, 0.2) is 22.7 Å². The number of amidine groups is 1. The molecular weight excluding hydrogens is 271 g/mol. The summed E-state index contributed by atoms with van der Waals surface area (Å²) in [6, 6.07) is 3.44. The number of alkyl halides is 3. The van der Waals surface area contributed by atoms with Crippen molar-refractivity contribution in [1.29, 1.82) is 0 Å². The number of carbonyl (C=O) groups excluding carboxylic acids is 1. The molecule has 0 unspecified atom stereocenters. The lowest BCUT2D eigenvalue weighted by Gasteiger charge is -2.07. The number of nitrogens with one attached hydrogen (secondary N) is 1. The van der Waals surface area contributed by atoms with Crippen molar-refractivity contribution < 1.29 is 22.8 Å². The molecule has 0 aromatic carbocycles. The molecule has 100 valence electrons. The molecular formula is C9H10F3N3O2S. The smallest absolute Gasteiger partial charge is 0.384 e. The van der Waals surface area contributed by atoms with Gasteiger partial charge < -0.3 is 15.9 Å². The molecule has 1 amide bonds. The molecule has 3 N–H and O–H groups in total. The van der Waals surface area contributed by atoms with Crippen molar-refractivity contribution in [3.05, 3.63) is 22.4 Å². The van der Waals surface area contributed by atoms with E-state index in [1.54, 1.807) is 22.8 Å². The average Bonchev–Trinajstić information content (AvgIpc) is 2.78. The van der Waals surface area contributed by atoms with Crippen LogP contribution in [0, 0.1) is 0 Å². The molecule has 0 saturated heterocycles. The number of oxime groups is 1. The SMILES string of the molecule is N/C(=N\OCC(=O)NCC(F)(F)F)c1cccs1. The van der Waals surface area contributed by atoms with Crippen LogP contribution >= 0.6 is 11.3 Å². The third kappa shape index (κ3) is 5.53. The van der Waals surface area contributed by atoms with Gasteiger partial charge in [-0.3, -0.25) is 4.79 Å². The van der Waals surface area contributed by atoms with Crippen LogP contribution in [0.25, 0.3) is 0 Å². The molecule has 0 radical (unpaired) electrons. The highest BCUT2D eigenvalue weighted by atomic mass is 32.1. The van der Waals surface area contributed by atoms with E-state index in [9.17, 15) is 18.0 Å². The second kappa shape index (κ2) is 6.24. The first-order valence-electron chi connectivity index (χ1n) is 4.71. The summed E-state index contributed by atoms with van der Waals surface area (Å²) in [5, 5.41) is 6.82. The van der Waals surface area contributed by atoms with Crippen molar-refractivity contribution in [2.24, 2.45) is 10.9 Å². The Hall–Kier alpha value is -1.77. The Labute approximate surface area is 104 Å². The van der Waals surface area contributed by atoms with E-state index < -0.39 is 25.2 Å². The lowest BCUT2D eigenvalue weighted by atomic mass is 10.4. The zero-order valence-electron chi connectivity index (χ0n) is 9.03. The number of hydrogen-bond acceptors (Lipinski definition) is 4. The first-order chi connectivity index (χ1) is 8.38. The zero-order chi connectivity index (χ0) is 13.6. The standard InChI is InChI=1S/C9H10F3N3O2S/c10-9(11,12)5-14-7(16)4-17-15-8(13)6-2-1-3-18-6/h1-3H,4-5H2,(H2,13,15)(H,14,16).